The molecule has 0 aliphatic carbocycles. The van der Waals surface area contributed by atoms with Gasteiger partial charge in [0.1, 0.15) is 16.1 Å². The molecule has 0 N–H and O–H groups in total. The van der Waals surface area contributed by atoms with Crippen molar-refractivity contribution < 1.29 is 17.7 Å². The Hall–Kier alpha value is -0.230. The van der Waals surface area contributed by atoms with E-state index in [0.717, 1.165) is 20.1 Å². The molecule has 0 aromatic heterocycles. The van der Waals surface area contributed by atoms with E-state index in [2.05, 4.69) is 4.40 Å². The molecule has 16 heavy (non-hydrogen) atoms. The zero-order valence-corrected chi connectivity index (χ0v) is 11.0. The molecule has 6 heteroatoms. The predicted octanol–water partition coefficient (Wildman–Crippen LogP) is 3.50. The van der Waals surface area contributed by atoms with Gasteiger partial charge in [-0.2, -0.15) is 13.2 Å². The van der Waals surface area contributed by atoms with Crippen molar-refractivity contribution in [1.82, 2.24) is 0 Å². The van der Waals surface area contributed by atoms with Crippen molar-refractivity contribution in [2.75, 3.05) is 0 Å². The highest BCUT2D eigenvalue weighted by Crippen LogP contribution is 2.39. The van der Waals surface area contributed by atoms with Crippen molar-refractivity contribution in [1.29, 1.82) is 0 Å². The van der Waals surface area contributed by atoms with Crippen LogP contribution in [-0.2, 0) is 11.4 Å². The summed E-state index contributed by atoms with van der Waals surface area (Å²) in [5, 5.41) is 0. The molecule has 1 atom stereocenters. The number of hydrogen-bond donors (Lipinski definition) is 0. The molecule has 0 saturated heterocycles. The molecule has 0 fully saturated rings. The molecule has 0 spiro atoms. The molecule has 96 valence electrons. The zero-order chi connectivity index (χ0) is 13.2. The standard InChI is InChI=1S/C10H18F3NOS/c1-8(2,3)16(15)14-7-6-9(4,5)10(11,12)13/h7H,6H2,1-5H3/b14-7+/t16-/m1/s1. The van der Waals surface area contributed by atoms with E-state index >= 15 is 0 Å². The molecule has 0 heterocycles. The van der Waals surface area contributed by atoms with E-state index in [1.54, 1.807) is 20.8 Å². The lowest BCUT2D eigenvalue weighted by Crippen LogP contribution is -2.32. The van der Waals surface area contributed by atoms with Gasteiger partial charge in [-0.25, -0.2) is 0 Å². The van der Waals surface area contributed by atoms with Crippen molar-refractivity contribution in [2.24, 2.45) is 9.81 Å². The third-order valence-electron chi connectivity index (χ3n) is 2.06. The topological polar surface area (TPSA) is 35.4 Å². The van der Waals surface area contributed by atoms with Crippen molar-refractivity contribution >= 4 is 17.6 Å². The summed E-state index contributed by atoms with van der Waals surface area (Å²) >= 11 is -1.50. The number of nitrogens with zero attached hydrogens (tertiary/aromatic N) is 1. The third-order valence-corrected chi connectivity index (χ3v) is 3.45. The summed E-state index contributed by atoms with van der Waals surface area (Å²) in [5.74, 6) is 0. The first kappa shape index (κ1) is 15.8. The summed E-state index contributed by atoms with van der Waals surface area (Å²) in [6.45, 7) is 7.35. The van der Waals surface area contributed by atoms with E-state index in [1.165, 1.54) is 0 Å². The van der Waals surface area contributed by atoms with Crippen LogP contribution in [0.2, 0.25) is 0 Å². The summed E-state index contributed by atoms with van der Waals surface area (Å²) in [6.07, 6.45) is -3.44. The highest BCUT2D eigenvalue weighted by atomic mass is 32.2. The molecule has 0 aromatic rings. The Balaban J connectivity index is 4.42. The van der Waals surface area contributed by atoms with Crippen LogP contribution >= 0.6 is 0 Å². The minimum atomic E-state index is -4.28. The summed E-state index contributed by atoms with van der Waals surface area (Å²) < 4.78 is 51.9. The maximum Gasteiger partial charge on any atom is 0.394 e. The van der Waals surface area contributed by atoms with E-state index < -0.39 is 27.7 Å². The molecule has 0 bridgehead atoms. The second-order valence-electron chi connectivity index (χ2n) is 5.24. The first-order valence-corrected chi connectivity index (χ1v) is 6.00. The van der Waals surface area contributed by atoms with Crippen LogP contribution in [0.5, 0.6) is 0 Å². The first-order valence-electron chi connectivity index (χ1n) is 4.89. The maximum atomic E-state index is 12.5. The van der Waals surface area contributed by atoms with Crippen molar-refractivity contribution in [2.45, 2.75) is 52.0 Å². The fourth-order valence-electron chi connectivity index (χ4n) is 0.607. The lowest BCUT2D eigenvalue weighted by Gasteiger charge is -2.25. The molecular weight excluding hydrogens is 239 g/mol. The van der Waals surface area contributed by atoms with Gasteiger partial charge in [-0.05, 0) is 20.8 Å². The van der Waals surface area contributed by atoms with Crippen LogP contribution in [0.3, 0.4) is 0 Å². The van der Waals surface area contributed by atoms with E-state index in [9.17, 15) is 17.7 Å². The van der Waals surface area contributed by atoms with Crippen molar-refractivity contribution in [3.8, 4) is 0 Å². The number of hydrogen-bond acceptors (Lipinski definition) is 2. The quantitative estimate of drug-likeness (QED) is 0.563. The smallest absolute Gasteiger partial charge is 0.394 e. The highest BCUT2D eigenvalue weighted by molar-refractivity contribution is 7.91. The molecule has 0 aliphatic rings. The van der Waals surface area contributed by atoms with Crippen LogP contribution in [0, 0.1) is 5.41 Å². The number of halogens is 3. The van der Waals surface area contributed by atoms with Gasteiger partial charge in [0.15, 0.2) is 0 Å². The Bertz CT molecular complexity index is 256. The van der Waals surface area contributed by atoms with E-state index in [1.807, 2.05) is 0 Å². The molecular formula is C10H18F3NOS. The number of alkyl halides is 3. The Morgan fingerprint density at radius 2 is 1.56 bits per heavy atom. The maximum absolute atomic E-state index is 12.5. The fourth-order valence-corrected chi connectivity index (χ4v) is 1.13. The van der Waals surface area contributed by atoms with Crippen LogP contribution in [-0.4, -0.2) is 21.7 Å². The van der Waals surface area contributed by atoms with Gasteiger partial charge >= 0.3 is 6.18 Å². The summed E-state index contributed by atoms with van der Waals surface area (Å²) in [6, 6.07) is 0. The fraction of sp³-hybridized carbons (Fsp3) is 0.900. The Kier molecular flexibility index (Phi) is 4.89. The zero-order valence-electron chi connectivity index (χ0n) is 10.2. The van der Waals surface area contributed by atoms with Crippen LogP contribution in [0.15, 0.2) is 4.40 Å². The Morgan fingerprint density at radius 1 is 1.12 bits per heavy atom. The summed E-state index contributed by atoms with van der Waals surface area (Å²) in [7, 11) is 0. The largest absolute Gasteiger partial charge is 0.591 e. The average Bonchev–Trinajstić information content (AvgIpc) is 1.99. The van der Waals surface area contributed by atoms with Crippen LogP contribution < -0.4 is 0 Å². The molecule has 0 unspecified atom stereocenters. The van der Waals surface area contributed by atoms with Crippen LogP contribution in [0.4, 0.5) is 13.2 Å². The van der Waals surface area contributed by atoms with Crippen molar-refractivity contribution in [3.05, 3.63) is 0 Å². The molecule has 0 aromatic carbocycles. The monoisotopic (exact) mass is 257 g/mol. The normalized spacial score (nSPS) is 16.8. The minimum absolute atomic E-state index is 0.266. The highest BCUT2D eigenvalue weighted by Gasteiger charge is 2.46. The molecule has 0 rings (SSSR count). The van der Waals surface area contributed by atoms with Crippen molar-refractivity contribution in [3.63, 3.8) is 0 Å². The van der Waals surface area contributed by atoms with Gasteiger partial charge in [-0.15, -0.1) is 0 Å². The summed E-state index contributed by atoms with van der Waals surface area (Å²) in [4.78, 5) is 0. The van der Waals surface area contributed by atoms with E-state index in [0.29, 0.717) is 0 Å². The summed E-state index contributed by atoms with van der Waals surface area (Å²) in [5.41, 5.74) is -1.83. The van der Waals surface area contributed by atoms with Gasteiger partial charge in [0.25, 0.3) is 0 Å². The van der Waals surface area contributed by atoms with E-state index in [-0.39, 0.29) is 6.42 Å². The van der Waals surface area contributed by atoms with Crippen LogP contribution in [0.1, 0.15) is 41.0 Å². The van der Waals surface area contributed by atoms with Gasteiger partial charge in [-0.1, -0.05) is 18.2 Å². The molecule has 0 amide bonds. The molecule has 0 aliphatic heterocycles. The SMILES string of the molecule is CC(C)(C)[S@@+]([O-])/N=C/CC(C)(C)C(F)(F)F. The lowest BCUT2D eigenvalue weighted by molar-refractivity contribution is -0.208. The Labute approximate surface area is 97.6 Å². The first-order chi connectivity index (χ1) is 6.88. The van der Waals surface area contributed by atoms with Gasteiger partial charge in [-0.3, -0.25) is 0 Å². The van der Waals surface area contributed by atoms with Gasteiger partial charge in [0.2, 0.25) is 0 Å². The Morgan fingerprint density at radius 3 is 1.88 bits per heavy atom. The minimum Gasteiger partial charge on any atom is -0.591 e. The van der Waals surface area contributed by atoms with Gasteiger partial charge in [0.05, 0.1) is 11.6 Å². The molecule has 0 saturated carbocycles. The average molecular weight is 257 g/mol. The van der Waals surface area contributed by atoms with E-state index in [4.69, 9.17) is 0 Å². The molecule has 2 nitrogen and oxygen atoms in total. The van der Waals surface area contributed by atoms with Crippen LogP contribution in [0.25, 0.3) is 0 Å². The third kappa shape index (κ3) is 4.74. The van der Waals surface area contributed by atoms with Gasteiger partial charge in [0, 0.05) is 6.42 Å². The second kappa shape index (κ2) is 4.96. The van der Waals surface area contributed by atoms with Gasteiger partial charge < -0.3 is 4.55 Å². The lowest BCUT2D eigenvalue weighted by atomic mass is 9.89. The predicted molar refractivity (Wildman–Crippen MR) is 60.8 cm³/mol. The second-order valence-corrected chi connectivity index (χ2v) is 7.17. The molecule has 0 radical (unpaired) electrons. The number of rotatable bonds is 3.